The highest BCUT2D eigenvalue weighted by molar-refractivity contribution is 5.46. The van der Waals surface area contributed by atoms with E-state index in [4.69, 9.17) is 5.73 Å². The molecule has 2 aromatic rings. The van der Waals surface area contributed by atoms with Crippen LogP contribution in [0.5, 0.6) is 0 Å². The monoisotopic (exact) mass is 216 g/mol. The topological polar surface area (TPSA) is 56.7 Å². The Morgan fingerprint density at radius 3 is 3.00 bits per heavy atom. The number of hydrogen-bond donors (Lipinski definition) is 1. The average Bonchev–Trinajstić information content (AvgIpc) is 2.70. The first-order chi connectivity index (χ1) is 7.79. The molecule has 0 atom stereocenters. The highest BCUT2D eigenvalue weighted by Gasteiger charge is 2.03. The van der Waals surface area contributed by atoms with Crippen LogP contribution in [0.4, 0.5) is 5.69 Å². The summed E-state index contributed by atoms with van der Waals surface area (Å²) in [7, 11) is 0. The van der Waals surface area contributed by atoms with Crippen molar-refractivity contribution in [3.05, 3.63) is 42.0 Å². The largest absolute Gasteiger partial charge is 0.398 e. The molecule has 0 aliphatic rings. The quantitative estimate of drug-likeness (QED) is 0.848. The second-order valence-corrected chi connectivity index (χ2v) is 3.86. The lowest BCUT2D eigenvalue weighted by Crippen LogP contribution is -1.97. The number of hydrogen-bond acceptors (Lipinski definition) is 3. The molecule has 0 amide bonds. The molecule has 4 nitrogen and oxygen atoms in total. The minimum atomic E-state index is 0.790. The van der Waals surface area contributed by atoms with Gasteiger partial charge in [-0.3, -0.25) is 9.67 Å². The lowest BCUT2D eigenvalue weighted by Gasteiger charge is -2.01. The molecular weight excluding hydrogens is 200 g/mol. The van der Waals surface area contributed by atoms with Crippen molar-refractivity contribution in [1.29, 1.82) is 0 Å². The zero-order valence-corrected chi connectivity index (χ0v) is 9.43. The summed E-state index contributed by atoms with van der Waals surface area (Å²) in [6, 6.07) is 1.83. The Morgan fingerprint density at radius 2 is 2.25 bits per heavy atom. The Labute approximate surface area is 95.1 Å². The van der Waals surface area contributed by atoms with E-state index in [1.165, 1.54) is 5.56 Å². The Hall–Kier alpha value is -1.84. The third-order valence-corrected chi connectivity index (χ3v) is 2.48. The van der Waals surface area contributed by atoms with E-state index in [0.717, 1.165) is 30.6 Å². The number of pyridine rings is 1. The van der Waals surface area contributed by atoms with E-state index in [0.29, 0.717) is 0 Å². The molecule has 0 saturated carbocycles. The highest BCUT2D eigenvalue weighted by Crippen LogP contribution is 2.14. The first-order valence-corrected chi connectivity index (χ1v) is 5.49. The normalized spacial score (nSPS) is 10.6. The summed E-state index contributed by atoms with van der Waals surface area (Å²) in [5.41, 5.74) is 8.89. The van der Waals surface area contributed by atoms with Gasteiger partial charge in [0.1, 0.15) is 0 Å². The lowest BCUT2D eigenvalue weighted by atomic mass is 10.1. The molecule has 0 aromatic carbocycles. The first-order valence-electron chi connectivity index (χ1n) is 5.49. The highest BCUT2D eigenvalue weighted by atomic mass is 15.3. The molecule has 16 heavy (non-hydrogen) atoms. The van der Waals surface area contributed by atoms with Crippen LogP contribution < -0.4 is 5.73 Å². The van der Waals surface area contributed by atoms with E-state index < -0.39 is 0 Å². The molecule has 0 spiro atoms. The van der Waals surface area contributed by atoms with Crippen LogP contribution in [0.3, 0.4) is 0 Å². The molecule has 2 heterocycles. The molecule has 2 N–H and O–H groups in total. The molecule has 0 aliphatic carbocycles. The molecule has 0 unspecified atom stereocenters. The van der Waals surface area contributed by atoms with Gasteiger partial charge in [-0.15, -0.1) is 0 Å². The summed E-state index contributed by atoms with van der Waals surface area (Å²) in [6.07, 6.45) is 9.36. The van der Waals surface area contributed by atoms with Crippen LogP contribution >= 0.6 is 0 Å². The number of aromatic nitrogens is 3. The first kappa shape index (κ1) is 10.7. The standard InChI is InChI=1S/C12H16N4/c1-2-5-16-9-10(7-15-16)6-11-8-14-4-3-12(11)13/h3-4,7-9H,2,5-6H2,1H3,(H2,13,14). The van der Waals surface area contributed by atoms with Crippen molar-refractivity contribution < 1.29 is 0 Å². The zero-order chi connectivity index (χ0) is 11.4. The second kappa shape index (κ2) is 4.79. The smallest absolute Gasteiger partial charge is 0.0525 e. The van der Waals surface area contributed by atoms with E-state index in [9.17, 15) is 0 Å². The fraction of sp³-hybridized carbons (Fsp3) is 0.333. The van der Waals surface area contributed by atoms with Gasteiger partial charge in [-0.05, 0) is 23.6 Å². The summed E-state index contributed by atoms with van der Waals surface area (Å²) in [4.78, 5) is 4.08. The van der Waals surface area contributed by atoms with Crippen molar-refractivity contribution in [2.24, 2.45) is 0 Å². The maximum absolute atomic E-state index is 5.87. The summed E-state index contributed by atoms with van der Waals surface area (Å²) < 4.78 is 1.96. The molecule has 0 radical (unpaired) electrons. The van der Waals surface area contributed by atoms with Crippen LogP contribution in [-0.4, -0.2) is 14.8 Å². The van der Waals surface area contributed by atoms with Gasteiger partial charge in [-0.25, -0.2) is 0 Å². The number of aryl methyl sites for hydroxylation is 1. The summed E-state index contributed by atoms with van der Waals surface area (Å²) >= 11 is 0. The zero-order valence-electron chi connectivity index (χ0n) is 9.43. The molecule has 0 bridgehead atoms. The van der Waals surface area contributed by atoms with Gasteiger partial charge in [-0.1, -0.05) is 6.92 Å². The van der Waals surface area contributed by atoms with E-state index in [2.05, 4.69) is 23.2 Å². The van der Waals surface area contributed by atoms with Crippen LogP contribution in [0.1, 0.15) is 24.5 Å². The number of nitrogen functional groups attached to an aromatic ring is 1. The predicted molar refractivity (Wildman–Crippen MR) is 64.0 cm³/mol. The predicted octanol–water partition coefficient (Wildman–Crippen LogP) is 1.86. The SMILES string of the molecule is CCCn1cc(Cc2cnccc2N)cn1. The number of nitrogens with zero attached hydrogens (tertiary/aromatic N) is 3. The van der Waals surface area contributed by atoms with Gasteiger partial charge in [0, 0.05) is 37.2 Å². The number of anilines is 1. The van der Waals surface area contributed by atoms with E-state index in [1.807, 2.05) is 23.1 Å². The molecule has 2 aromatic heterocycles. The average molecular weight is 216 g/mol. The molecule has 4 heteroatoms. The third kappa shape index (κ3) is 2.39. The number of nitrogens with two attached hydrogens (primary N) is 1. The van der Waals surface area contributed by atoms with Crippen molar-refractivity contribution in [2.75, 3.05) is 5.73 Å². The Balaban J connectivity index is 2.11. The van der Waals surface area contributed by atoms with Crippen molar-refractivity contribution in [2.45, 2.75) is 26.3 Å². The fourth-order valence-corrected chi connectivity index (χ4v) is 1.65. The van der Waals surface area contributed by atoms with Crippen molar-refractivity contribution in [1.82, 2.24) is 14.8 Å². The summed E-state index contributed by atoms with van der Waals surface area (Å²) in [6.45, 7) is 3.10. The van der Waals surface area contributed by atoms with Gasteiger partial charge in [-0.2, -0.15) is 5.10 Å². The molecule has 0 aliphatic heterocycles. The van der Waals surface area contributed by atoms with Gasteiger partial charge in [0.05, 0.1) is 6.20 Å². The minimum absolute atomic E-state index is 0.790. The maximum Gasteiger partial charge on any atom is 0.0525 e. The van der Waals surface area contributed by atoms with Gasteiger partial charge in [0.25, 0.3) is 0 Å². The fourth-order valence-electron chi connectivity index (χ4n) is 1.65. The maximum atomic E-state index is 5.87. The van der Waals surface area contributed by atoms with Gasteiger partial charge in [0.15, 0.2) is 0 Å². The molecule has 84 valence electrons. The van der Waals surface area contributed by atoms with Gasteiger partial charge < -0.3 is 5.73 Å². The molecule has 0 saturated heterocycles. The number of rotatable bonds is 4. The second-order valence-electron chi connectivity index (χ2n) is 3.86. The van der Waals surface area contributed by atoms with Crippen LogP contribution in [0.15, 0.2) is 30.9 Å². The van der Waals surface area contributed by atoms with E-state index >= 15 is 0 Å². The van der Waals surface area contributed by atoms with Crippen LogP contribution in [0, 0.1) is 0 Å². The van der Waals surface area contributed by atoms with Crippen LogP contribution in [0.25, 0.3) is 0 Å². The van der Waals surface area contributed by atoms with Gasteiger partial charge >= 0.3 is 0 Å². The van der Waals surface area contributed by atoms with E-state index in [-0.39, 0.29) is 0 Å². The van der Waals surface area contributed by atoms with E-state index in [1.54, 1.807) is 6.20 Å². The Bertz CT molecular complexity index is 462. The molecule has 2 rings (SSSR count). The third-order valence-electron chi connectivity index (χ3n) is 2.48. The Kier molecular flexibility index (Phi) is 3.19. The Morgan fingerprint density at radius 1 is 1.38 bits per heavy atom. The lowest BCUT2D eigenvalue weighted by molar-refractivity contribution is 0.602. The van der Waals surface area contributed by atoms with Gasteiger partial charge in [0.2, 0.25) is 0 Å². The van der Waals surface area contributed by atoms with Crippen molar-refractivity contribution >= 4 is 5.69 Å². The van der Waals surface area contributed by atoms with Crippen molar-refractivity contribution in [3.8, 4) is 0 Å². The van der Waals surface area contributed by atoms with Crippen molar-refractivity contribution in [3.63, 3.8) is 0 Å². The summed E-state index contributed by atoms with van der Waals surface area (Å²) in [5.74, 6) is 0. The molecular formula is C12H16N4. The van der Waals surface area contributed by atoms with Crippen LogP contribution in [-0.2, 0) is 13.0 Å². The summed E-state index contributed by atoms with van der Waals surface area (Å²) in [5, 5.41) is 4.29. The minimum Gasteiger partial charge on any atom is -0.398 e. The van der Waals surface area contributed by atoms with Crippen LogP contribution in [0.2, 0.25) is 0 Å². The molecule has 0 fully saturated rings.